The van der Waals surface area contributed by atoms with Crippen molar-refractivity contribution in [3.63, 3.8) is 0 Å². The quantitative estimate of drug-likeness (QED) is 0.629. The summed E-state index contributed by atoms with van der Waals surface area (Å²) in [4.78, 5) is 23.5. The van der Waals surface area contributed by atoms with Crippen molar-refractivity contribution in [2.75, 3.05) is 0 Å². The molecule has 0 saturated heterocycles. The lowest BCUT2D eigenvalue weighted by molar-refractivity contribution is 0.570. The van der Waals surface area contributed by atoms with Crippen LogP contribution in [0.25, 0.3) is 0 Å². The van der Waals surface area contributed by atoms with Crippen molar-refractivity contribution in [1.29, 1.82) is 0 Å². The van der Waals surface area contributed by atoms with Gasteiger partial charge in [-0.2, -0.15) is 5.10 Å². The minimum absolute atomic E-state index is 0.00572. The summed E-state index contributed by atoms with van der Waals surface area (Å²) in [5, 5.41) is 4.15. The fourth-order valence-corrected chi connectivity index (χ4v) is 3.83. The van der Waals surface area contributed by atoms with Gasteiger partial charge in [-0.3, -0.25) is 14.0 Å². The minimum atomic E-state index is -4.10. The number of sulfonamides is 1. The lowest BCUT2D eigenvalue weighted by Crippen LogP contribution is -2.41. The normalized spacial score (nSPS) is 11.6. The highest BCUT2D eigenvalue weighted by Gasteiger charge is 2.21. The maximum atomic E-state index is 12.6. The first-order valence-electron chi connectivity index (χ1n) is 8.10. The van der Waals surface area contributed by atoms with E-state index in [2.05, 4.69) is 9.82 Å². The Bertz CT molecular complexity index is 1180. The second-order valence-electron chi connectivity index (χ2n) is 6.05. The van der Waals surface area contributed by atoms with Crippen molar-refractivity contribution in [3.05, 3.63) is 80.9 Å². The van der Waals surface area contributed by atoms with E-state index in [0.717, 1.165) is 26.5 Å². The molecule has 2 heterocycles. The molecule has 0 fully saturated rings. The standard InChI is InChI=1S/C17H19N5O4S/c1-20-12-15(16(23)21(2)17(20)24)27(25,26)19-10-13-6-3-4-7-14(13)11-22-9-5-8-18-22/h3-9,12,19H,10-11H2,1-2H3. The smallest absolute Gasteiger partial charge is 0.302 e. The van der Waals surface area contributed by atoms with Crippen molar-refractivity contribution in [2.24, 2.45) is 14.1 Å². The number of nitrogens with one attached hydrogen (secondary N) is 1. The fraction of sp³-hybridized carbons (Fsp3) is 0.235. The molecule has 27 heavy (non-hydrogen) atoms. The van der Waals surface area contributed by atoms with E-state index in [1.54, 1.807) is 23.0 Å². The zero-order valence-electron chi connectivity index (χ0n) is 14.9. The Labute approximate surface area is 155 Å². The fourth-order valence-electron chi connectivity index (χ4n) is 2.66. The number of hydrogen-bond acceptors (Lipinski definition) is 5. The van der Waals surface area contributed by atoms with Crippen LogP contribution in [0.3, 0.4) is 0 Å². The Morgan fingerprint density at radius 3 is 2.44 bits per heavy atom. The van der Waals surface area contributed by atoms with Gasteiger partial charge in [-0.15, -0.1) is 0 Å². The Morgan fingerprint density at radius 1 is 1.07 bits per heavy atom. The van der Waals surface area contributed by atoms with E-state index < -0.39 is 26.2 Å². The summed E-state index contributed by atoms with van der Waals surface area (Å²) in [7, 11) is -1.47. The van der Waals surface area contributed by atoms with E-state index in [1.165, 1.54) is 14.1 Å². The SMILES string of the molecule is Cn1cc(S(=O)(=O)NCc2ccccc2Cn2cccn2)c(=O)n(C)c1=O. The van der Waals surface area contributed by atoms with Gasteiger partial charge in [-0.1, -0.05) is 24.3 Å². The van der Waals surface area contributed by atoms with Crippen LogP contribution in [0.1, 0.15) is 11.1 Å². The average Bonchev–Trinajstić information content (AvgIpc) is 3.15. The molecule has 10 heteroatoms. The van der Waals surface area contributed by atoms with Gasteiger partial charge in [0, 0.05) is 39.2 Å². The van der Waals surface area contributed by atoms with Gasteiger partial charge in [0.25, 0.3) is 5.56 Å². The molecule has 1 aromatic carbocycles. The first kappa shape index (κ1) is 18.8. The van der Waals surface area contributed by atoms with Gasteiger partial charge in [-0.05, 0) is 17.2 Å². The predicted molar refractivity (Wildman–Crippen MR) is 98.7 cm³/mol. The molecule has 0 aliphatic heterocycles. The van der Waals surface area contributed by atoms with Crippen LogP contribution in [0.2, 0.25) is 0 Å². The van der Waals surface area contributed by atoms with E-state index in [4.69, 9.17) is 0 Å². The molecular weight excluding hydrogens is 370 g/mol. The average molecular weight is 389 g/mol. The zero-order chi connectivity index (χ0) is 19.6. The molecule has 0 atom stereocenters. The van der Waals surface area contributed by atoms with Crippen LogP contribution in [0.15, 0.2) is 63.4 Å². The van der Waals surface area contributed by atoms with E-state index >= 15 is 0 Å². The molecule has 0 spiro atoms. The topological polar surface area (TPSA) is 108 Å². The van der Waals surface area contributed by atoms with E-state index in [-0.39, 0.29) is 6.54 Å². The predicted octanol–water partition coefficient (Wildman–Crippen LogP) is -0.193. The monoisotopic (exact) mass is 389 g/mol. The highest BCUT2D eigenvalue weighted by molar-refractivity contribution is 7.89. The van der Waals surface area contributed by atoms with Crippen molar-refractivity contribution < 1.29 is 8.42 Å². The van der Waals surface area contributed by atoms with Gasteiger partial charge in [-0.25, -0.2) is 17.9 Å². The number of benzene rings is 1. The van der Waals surface area contributed by atoms with E-state index in [1.807, 2.05) is 24.4 Å². The number of rotatable bonds is 6. The molecule has 0 bridgehead atoms. The molecule has 0 aliphatic rings. The number of hydrogen-bond donors (Lipinski definition) is 1. The van der Waals surface area contributed by atoms with Gasteiger partial charge in [0.15, 0.2) is 4.90 Å². The van der Waals surface area contributed by atoms with Gasteiger partial charge in [0.2, 0.25) is 10.0 Å². The molecule has 3 rings (SSSR count). The second-order valence-corrected chi connectivity index (χ2v) is 7.78. The number of nitrogens with zero attached hydrogens (tertiary/aromatic N) is 4. The van der Waals surface area contributed by atoms with Crippen LogP contribution in [0, 0.1) is 0 Å². The van der Waals surface area contributed by atoms with Crippen LogP contribution >= 0.6 is 0 Å². The van der Waals surface area contributed by atoms with Crippen LogP contribution < -0.4 is 16.0 Å². The first-order chi connectivity index (χ1) is 12.8. The third-order valence-electron chi connectivity index (χ3n) is 4.17. The molecule has 0 amide bonds. The summed E-state index contributed by atoms with van der Waals surface area (Å²) in [6.45, 7) is 0.498. The molecule has 0 radical (unpaired) electrons. The maximum absolute atomic E-state index is 12.6. The van der Waals surface area contributed by atoms with Gasteiger partial charge in [0.05, 0.1) is 6.54 Å². The Hall–Kier alpha value is -2.98. The number of aryl methyl sites for hydroxylation is 1. The molecule has 1 N–H and O–H groups in total. The lowest BCUT2D eigenvalue weighted by atomic mass is 10.1. The summed E-state index contributed by atoms with van der Waals surface area (Å²) in [5.41, 5.74) is 0.203. The highest BCUT2D eigenvalue weighted by Crippen LogP contribution is 2.11. The minimum Gasteiger partial charge on any atom is -0.302 e. The summed E-state index contributed by atoms with van der Waals surface area (Å²) in [6.07, 6.45) is 4.51. The van der Waals surface area contributed by atoms with Crippen molar-refractivity contribution in [1.82, 2.24) is 23.6 Å². The van der Waals surface area contributed by atoms with Crippen molar-refractivity contribution >= 4 is 10.0 Å². The molecule has 9 nitrogen and oxygen atoms in total. The summed E-state index contributed by atoms with van der Waals surface area (Å²) < 4.78 is 31.2. The maximum Gasteiger partial charge on any atom is 0.330 e. The molecule has 142 valence electrons. The van der Waals surface area contributed by atoms with Crippen molar-refractivity contribution in [3.8, 4) is 0 Å². The van der Waals surface area contributed by atoms with Crippen LogP contribution in [-0.2, 0) is 37.2 Å². The molecule has 3 aromatic rings. The highest BCUT2D eigenvalue weighted by atomic mass is 32.2. The van der Waals surface area contributed by atoms with Crippen LogP contribution in [0.4, 0.5) is 0 Å². The second kappa shape index (κ2) is 7.33. The Morgan fingerprint density at radius 2 is 1.78 bits per heavy atom. The summed E-state index contributed by atoms with van der Waals surface area (Å²) >= 11 is 0. The summed E-state index contributed by atoms with van der Waals surface area (Å²) in [6, 6.07) is 9.17. The van der Waals surface area contributed by atoms with E-state index in [9.17, 15) is 18.0 Å². The van der Waals surface area contributed by atoms with Crippen LogP contribution in [-0.4, -0.2) is 27.3 Å². The first-order valence-corrected chi connectivity index (χ1v) is 9.58. The van der Waals surface area contributed by atoms with E-state index in [0.29, 0.717) is 6.54 Å². The Balaban J connectivity index is 1.87. The third kappa shape index (κ3) is 3.91. The largest absolute Gasteiger partial charge is 0.330 e. The molecule has 0 unspecified atom stereocenters. The molecule has 0 saturated carbocycles. The lowest BCUT2D eigenvalue weighted by Gasteiger charge is -2.12. The number of aromatic nitrogens is 4. The van der Waals surface area contributed by atoms with Gasteiger partial charge >= 0.3 is 5.69 Å². The molecule has 0 aliphatic carbocycles. The van der Waals surface area contributed by atoms with Crippen molar-refractivity contribution in [2.45, 2.75) is 18.0 Å². The van der Waals surface area contributed by atoms with Gasteiger partial charge < -0.3 is 4.57 Å². The van der Waals surface area contributed by atoms with Gasteiger partial charge in [0.1, 0.15) is 0 Å². The van der Waals surface area contributed by atoms with Crippen LogP contribution in [0.5, 0.6) is 0 Å². The summed E-state index contributed by atoms with van der Waals surface area (Å²) in [5.74, 6) is 0. The zero-order valence-corrected chi connectivity index (χ0v) is 15.7. The Kier molecular flexibility index (Phi) is 5.10. The molecular formula is C17H19N5O4S. The third-order valence-corrected chi connectivity index (χ3v) is 5.55. The molecule has 2 aromatic heterocycles.